The molecular formula is C14H15NO2S. The Morgan fingerprint density at radius 3 is 2.17 bits per heavy atom. The zero-order valence-electron chi connectivity index (χ0n) is 10.3. The molecule has 0 aliphatic heterocycles. The lowest BCUT2D eigenvalue weighted by Gasteiger charge is -2.07. The number of methoxy groups -OCH3 is 2. The smallest absolute Gasteiger partial charge is 0.142 e. The Kier molecular flexibility index (Phi) is 3.99. The van der Waals surface area contributed by atoms with E-state index in [0.717, 1.165) is 15.5 Å². The quantitative estimate of drug-likeness (QED) is 0.856. The van der Waals surface area contributed by atoms with Crippen LogP contribution >= 0.6 is 11.8 Å². The Labute approximate surface area is 111 Å². The molecule has 0 bridgehead atoms. The summed E-state index contributed by atoms with van der Waals surface area (Å²) in [7, 11) is 3.28. The molecule has 0 spiro atoms. The standard InChI is InChI=1S/C14H15NO2S/c1-16-10-3-5-11(6-4-10)18-12-7-8-13(15)14(9-12)17-2/h3-9H,15H2,1-2H3. The number of benzene rings is 2. The fourth-order valence-corrected chi connectivity index (χ4v) is 2.38. The molecule has 18 heavy (non-hydrogen) atoms. The molecule has 0 aliphatic carbocycles. The number of hydrogen-bond acceptors (Lipinski definition) is 4. The van der Waals surface area contributed by atoms with Gasteiger partial charge in [-0.2, -0.15) is 0 Å². The maximum absolute atomic E-state index is 5.78. The van der Waals surface area contributed by atoms with Gasteiger partial charge in [-0.25, -0.2) is 0 Å². The highest BCUT2D eigenvalue weighted by molar-refractivity contribution is 7.99. The molecule has 0 radical (unpaired) electrons. The predicted molar refractivity (Wildman–Crippen MR) is 74.5 cm³/mol. The fraction of sp³-hybridized carbons (Fsp3) is 0.143. The molecule has 0 unspecified atom stereocenters. The summed E-state index contributed by atoms with van der Waals surface area (Å²) in [6.07, 6.45) is 0. The molecule has 2 aromatic rings. The molecule has 0 fully saturated rings. The second kappa shape index (κ2) is 5.69. The van der Waals surface area contributed by atoms with Crippen molar-refractivity contribution in [2.24, 2.45) is 0 Å². The zero-order chi connectivity index (χ0) is 13.0. The van der Waals surface area contributed by atoms with Crippen LogP contribution in [0.5, 0.6) is 11.5 Å². The van der Waals surface area contributed by atoms with Gasteiger partial charge < -0.3 is 15.2 Å². The van der Waals surface area contributed by atoms with Crippen LogP contribution in [-0.4, -0.2) is 14.2 Å². The van der Waals surface area contributed by atoms with Crippen molar-refractivity contribution in [1.29, 1.82) is 0 Å². The molecule has 3 nitrogen and oxygen atoms in total. The molecule has 0 saturated carbocycles. The van der Waals surface area contributed by atoms with Gasteiger partial charge in [-0.1, -0.05) is 11.8 Å². The van der Waals surface area contributed by atoms with Crippen molar-refractivity contribution in [3.05, 3.63) is 42.5 Å². The summed E-state index contributed by atoms with van der Waals surface area (Å²) in [6.45, 7) is 0. The summed E-state index contributed by atoms with van der Waals surface area (Å²) in [5.41, 5.74) is 6.43. The van der Waals surface area contributed by atoms with Crippen molar-refractivity contribution in [3.8, 4) is 11.5 Å². The van der Waals surface area contributed by atoms with Crippen LogP contribution in [0.4, 0.5) is 5.69 Å². The van der Waals surface area contributed by atoms with E-state index in [4.69, 9.17) is 15.2 Å². The first-order chi connectivity index (χ1) is 8.72. The van der Waals surface area contributed by atoms with E-state index in [-0.39, 0.29) is 0 Å². The van der Waals surface area contributed by atoms with Gasteiger partial charge in [-0.3, -0.25) is 0 Å². The molecule has 0 heterocycles. The normalized spacial score (nSPS) is 10.1. The van der Waals surface area contributed by atoms with Gasteiger partial charge in [0, 0.05) is 9.79 Å². The SMILES string of the molecule is COc1ccc(Sc2ccc(N)c(OC)c2)cc1. The van der Waals surface area contributed by atoms with Gasteiger partial charge in [-0.05, 0) is 42.5 Å². The fourth-order valence-electron chi connectivity index (χ4n) is 1.53. The van der Waals surface area contributed by atoms with Gasteiger partial charge >= 0.3 is 0 Å². The van der Waals surface area contributed by atoms with Gasteiger partial charge in [-0.15, -0.1) is 0 Å². The lowest BCUT2D eigenvalue weighted by atomic mass is 10.3. The van der Waals surface area contributed by atoms with E-state index in [9.17, 15) is 0 Å². The van der Waals surface area contributed by atoms with E-state index in [2.05, 4.69) is 0 Å². The van der Waals surface area contributed by atoms with Gasteiger partial charge in [0.2, 0.25) is 0 Å². The molecule has 0 aliphatic rings. The van der Waals surface area contributed by atoms with Crippen LogP contribution in [0, 0.1) is 0 Å². The Morgan fingerprint density at radius 1 is 0.889 bits per heavy atom. The van der Waals surface area contributed by atoms with E-state index >= 15 is 0 Å². The monoisotopic (exact) mass is 261 g/mol. The zero-order valence-corrected chi connectivity index (χ0v) is 11.2. The minimum atomic E-state index is 0.650. The van der Waals surface area contributed by atoms with Crippen molar-refractivity contribution in [2.75, 3.05) is 20.0 Å². The third-order valence-corrected chi connectivity index (χ3v) is 3.50. The molecule has 4 heteroatoms. The summed E-state index contributed by atoms with van der Waals surface area (Å²) < 4.78 is 10.3. The molecule has 2 aromatic carbocycles. The van der Waals surface area contributed by atoms with Crippen molar-refractivity contribution < 1.29 is 9.47 Å². The molecule has 2 rings (SSSR count). The lowest BCUT2D eigenvalue weighted by molar-refractivity contribution is 0.414. The first kappa shape index (κ1) is 12.6. The third kappa shape index (κ3) is 2.90. The van der Waals surface area contributed by atoms with E-state index in [1.165, 1.54) is 0 Å². The number of ether oxygens (including phenoxy) is 2. The van der Waals surface area contributed by atoms with E-state index < -0.39 is 0 Å². The Balaban J connectivity index is 2.17. The van der Waals surface area contributed by atoms with Crippen LogP contribution in [0.2, 0.25) is 0 Å². The number of nitrogens with two attached hydrogens (primary N) is 1. The molecule has 94 valence electrons. The maximum Gasteiger partial charge on any atom is 0.142 e. The number of nitrogen functional groups attached to an aromatic ring is 1. The first-order valence-corrected chi connectivity index (χ1v) is 6.30. The highest BCUT2D eigenvalue weighted by Crippen LogP contribution is 2.33. The van der Waals surface area contributed by atoms with Crippen molar-refractivity contribution in [2.45, 2.75) is 9.79 Å². The molecule has 2 N–H and O–H groups in total. The molecular weight excluding hydrogens is 246 g/mol. The first-order valence-electron chi connectivity index (χ1n) is 5.48. The number of hydrogen-bond donors (Lipinski definition) is 1. The van der Waals surface area contributed by atoms with E-state index in [1.807, 2.05) is 42.5 Å². The van der Waals surface area contributed by atoms with Crippen LogP contribution < -0.4 is 15.2 Å². The highest BCUT2D eigenvalue weighted by Gasteiger charge is 2.03. The molecule has 0 saturated heterocycles. The second-order valence-corrected chi connectivity index (χ2v) is 4.83. The Bertz CT molecular complexity index is 526. The van der Waals surface area contributed by atoms with Gasteiger partial charge in [0.25, 0.3) is 0 Å². The average Bonchev–Trinajstić information content (AvgIpc) is 2.42. The summed E-state index contributed by atoms with van der Waals surface area (Å²) in [5, 5.41) is 0. The van der Waals surface area contributed by atoms with Crippen LogP contribution in [0.3, 0.4) is 0 Å². The summed E-state index contributed by atoms with van der Waals surface area (Å²) in [5.74, 6) is 1.56. The summed E-state index contributed by atoms with van der Waals surface area (Å²) in [6, 6.07) is 13.7. The average molecular weight is 261 g/mol. The van der Waals surface area contributed by atoms with Crippen LogP contribution in [-0.2, 0) is 0 Å². The van der Waals surface area contributed by atoms with E-state index in [1.54, 1.807) is 26.0 Å². The minimum absolute atomic E-state index is 0.650. The van der Waals surface area contributed by atoms with Gasteiger partial charge in [0.15, 0.2) is 0 Å². The number of rotatable bonds is 4. The number of anilines is 1. The molecule has 0 aromatic heterocycles. The topological polar surface area (TPSA) is 44.5 Å². The van der Waals surface area contributed by atoms with Gasteiger partial charge in [0.1, 0.15) is 11.5 Å². The van der Waals surface area contributed by atoms with Crippen LogP contribution in [0.25, 0.3) is 0 Å². The second-order valence-electron chi connectivity index (χ2n) is 3.68. The predicted octanol–water partition coefficient (Wildman–Crippen LogP) is 3.44. The van der Waals surface area contributed by atoms with E-state index in [0.29, 0.717) is 11.4 Å². The Morgan fingerprint density at radius 2 is 1.56 bits per heavy atom. The maximum atomic E-state index is 5.78. The molecule has 0 amide bonds. The highest BCUT2D eigenvalue weighted by atomic mass is 32.2. The van der Waals surface area contributed by atoms with Gasteiger partial charge in [0.05, 0.1) is 19.9 Å². The summed E-state index contributed by atoms with van der Waals surface area (Å²) >= 11 is 1.65. The summed E-state index contributed by atoms with van der Waals surface area (Å²) in [4.78, 5) is 2.23. The van der Waals surface area contributed by atoms with Crippen molar-refractivity contribution in [1.82, 2.24) is 0 Å². The molecule has 0 atom stereocenters. The third-order valence-electron chi connectivity index (χ3n) is 2.50. The van der Waals surface area contributed by atoms with Crippen molar-refractivity contribution in [3.63, 3.8) is 0 Å². The largest absolute Gasteiger partial charge is 0.497 e. The van der Waals surface area contributed by atoms with Crippen LogP contribution in [0.1, 0.15) is 0 Å². The minimum Gasteiger partial charge on any atom is -0.497 e. The van der Waals surface area contributed by atoms with Crippen LogP contribution in [0.15, 0.2) is 52.3 Å². The van der Waals surface area contributed by atoms with Crippen molar-refractivity contribution >= 4 is 17.4 Å². The Hall–Kier alpha value is -1.81. The lowest BCUT2D eigenvalue weighted by Crippen LogP contribution is -1.91.